The third-order valence-electron chi connectivity index (χ3n) is 4.28. The molecule has 21 heavy (non-hydrogen) atoms. The van der Waals surface area contributed by atoms with Crippen molar-refractivity contribution < 1.29 is 8.42 Å². The Morgan fingerprint density at radius 3 is 2.76 bits per heavy atom. The van der Waals surface area contributed by atoms with Gasteiger partial charge in [0.1, 0.15) is 0 Å². The normalized spacial score (nSPS) is 22.1. The van der Waals surface area contributed by atoms with Gasteiger partial charge in [0.15, 0.2) is 0 Å². The smallest absolute Gasteiger partial charge is 0.211 e. The Bertz CT molecular complexity index is 574. The predicted octanol–water partition coefficient (Wildman–Crippen LogP) is 1.56. The van der Waals surface area contributed by atoms with E-state index in [1.165, 1.54) is 17.4 Å². The number of hydrogen-bond acceptors (Lipinski definition) is 4. The summed E-state index contributed by atoms with van der Waals surface area (Å²) in [5, 5.41) is 0. The topological polar surface area (TPSA) is 75.4 Å². The average molecular weight is 311 g/mol. The molecule has 3 N–H and O–H groups in total. The number of aryl methyl sites for hydroxylation is 1. The molecule has 2 atom stereocenters. The molecule has 1 saturated heterocycles. The maximum atomic E-state index is 11.7. The molecule has 0 spiro atoms. The molecule has 0 saturated carbocycles. The number of nitrogens with two attached hydrogens (primary N) is 1. The second-order valence-electron chi connectivity index (χ2n) is 5.94. The maximum absolute atomic E-state index is 11.7. The third-order valence-corrected chi connectivity index (χ3v) is 5.55. The van der Waals surface area contributed by atoms with Gasteiger partial charge in [0.25, 0.3) is 0 Å². The zero-order chi connectivity index (χ0) is 15.5. The minimum absolute atomic E-state index is 0.0655. The Morgan fingerprint density at radius 2 is 2.14 bits per heavy atom. The molecule has 5 nitrogen and oxygen atoms in total. The largest absolute Gasteiger partial charge is 0.271 e. The Kier molecular flexibility index (Phi) is 5.37. The molecular weight excluding hydrogens is 286 g/mol. The molecule has 0 amide bonds. The van der Waals surface area contributed by atoms with Crippen LogP contribution in [0, 0.1) is 12.8 Å². The van der Waals surface area contributed by atoms with E-state index in [2.05, 4.69) is 24.5 Å². The molecule has 1 aromatic carbocycles. The molecule has 2 unspecified atom stereocenters. The lowest BCUT2D eigenvalue weighted by Crippen LogP contribution is -2.41. The molecule has 0 bridgehead atoms. The molecular formula is C15H25N3O2S. The fourth-order valence-electron chi connectivity index (χ4n) is 3.12. The summed E-state index contributed by atoms with van der Waals surface area (Å²) in [7, 11) is -3.09. The van der Waals surface area contributed by atoms with Gasteiger partial charge in [-0.1, -0.05) is 24.3 Å². The van der Waals surface area contributed by atoms with Gasteiger partial charge in [-0.2, -0.15) is 0 Å². The number of benzene rings is 1. The molecule has 0 aromatic heterocycles. The highest BCUT2D eigenvalue weighted by Gasteiger charge is 2.28. The number of nitrogens with zero attached hydrogens (tertiary/aromatic N) is 1. The standard InChI is InChI=1S/C15H25N3O2S/c1-12-6-3-4-8-14(12)15(17-16)10-13-7-5-9-18(11-13)21(2,19)20/h3-4,6,8,13,15,17H,5,7,9-11,16H2,1-2H3. The lowest BCUT2D eigenvalue weighted by atomic mass is 9.88. The quantitative estimate of drug-likeness (QED) is 0.639. The van der Waals surface area contributed by atoms with E-state index in [9.17, 15) is 8.42 Å². The van der Waals surface area contributed by atoms with Crippen LogP contribution in [0.2, 0.25) is 0 Å². The first-order valence-electron chi connectivity index (χ1n) is 7.38. The van der Waals surface area contributed by atoms with Crippen molar-refractivity contribution in [2.75, 3.05) is 19.3 Å². The summed E-state index contributed by atoms with van der Waals surface area (Å²) in [5.41, 5.74) is 5.29. The first-order chi connectivity index (χ1) is 9.91. The maximum Gasteiger partial charge on any atom is 0.211 e. The fraction of sp³-hybridized carbons (Fsp3) is 0.600. The number of sulfonamides is 1. The van der Waals surface area contributed by atoms with Gasteiger partial charge in [-0.3, -0.25) is 11.3 Å². The third kappa shape index (κ3) is 4.26. The van der Waals surface area contributed by atoms with E-state index in [-0.39, 0.29) is 6.04 Å². The minimum Gasteiger partial charge on any atom is -0.271 e. The van der Waals surface area contributed by atoms with Crippen molar-refractivity contribution in [3.8, 4) is 0 Å². The van der Waals surface area contributed by atoms with Crippen LogP contribution in [-0.2, 0) is 10.0 Å². The molecule has 1 fully saturated rings. The Hall–Kier alpha value is -0.950. The minimum atomic E-state index is -3.09. The molecule has 0 aliphatic carbocycles. The van der Waals surface area contributed by atoms with Crippen molar-refractivity contribution in [3.05, 3.63) is 35.4 Å². The van der Waals surface area contributed by atoms with Crippen LogP contribution in [0.1, 0.15) is 36.4 Å². The van der Waals surface area contributed by atoms with E-state index in [1.807, 2.05) is 12.1 Å². The molecule has 6 heteroatoms. The molecule has 1 aromatic rings. The van der Waals surface area contributed by atoms with Crippen molar-refractivity contribution in [3.63, 3.8) is 0 Å². The van der Waals surface area contributed by atoms with Gasteiger partial charge < -0.3 is 0 Å². The van der Waals surface area contributed by atoms with Crippen LogP contribution >= 0.6 is 0 Å². The second kappa shape index (κ2) is 6.87. The van der Waals surface area contributed by atoms with Crippen LogP contribution in [0.4, 0.5) is 0 Å². The Balaban J connectivity index is 2.07. The highest BCUT2D eigenvalue weighted by atomic mass is 32.2. The fourth-order valence-corrected chi connectivity index (χ4v) is 4.06. The van der Waals surface area contributed by atoms with E-state index in [1.54, 1.807) is 4.31 Å². The van der Waals surface area contributed by atoms with Crippen LogP contribution in [-0.4, -0.2) is 32.1 Å². The summed E-state index contributed by atoms with van der Waals surface area (Å²) in [6.07, 6.45) is 4.11. The first-order valence-corrected chi connectivity index (χ1v) is 9.23. The van der Waals surface area contributed by atoms with Crippen molar-refractivity contribution in [1.82, 2.24) is 9.73 Å². The van der Waals surface area contributed by atoms with Gasteiger partial charge >= 0.3 is 0 Å². The number of hydrogen-bond donors (Lipinski definition) is 2. The van der Waals surface area contributed by atoms with Crippen molar-refractivity contribution in [1.29, 1.82) is 0 Å². The average Bonchev–Trinajstić information content (AvgIpc) is 2.45. The van der Waals surface area contributed by atoms with Crippen LogP contribution < -0.4 is 11.3 Å². The number of nitrogens with one attached hydrogen (secondary N) is 1. The number of rotatable bonds is 5. The second-order valence-corrected chi connectivity index (χ2v) is 7.92. The van der Waals surface area contributed by atoms with E-state index < -0.39 is 10.0 Å². The number of hydrazine groups is 1. The van der Waals surface area contributed by atoms with Crippen molar-refractivity contribution in [2.24, 2.45) is 11.8 Å². The summed E-state index contributed by atoms with van der Waals surface area (Å²) in [5.74, 6) is 6.07. The molecule has 1 heterocycles. The Labute approximate surface area is 127 Å². The highest BCUT2D eigenvalue weighted by Crippen LogP contribution is 2.29. The van der Waals surface area contributed by atoms with Crippen LogP contribution in [0.3, 0.4) is 0 Å². The molecule has 1 aliphatic heterocycles. The molecule has 0 radical (unpaired) electrons. The van der Waals surface area contributed by atoms with Gasteiger partial charge in [0.05, 0.1) is 6.26 Å². The SMILES string of the molecule is Cc1ccccc1C(CC1CCCN(S(C)(=O)=O)C1)NN. The first kappa shape index (κ1) is 16.4. The zero-order valence-corrected chi connectivity index (χ0v) is 13.6. The van der Waals surface area contributed by atoms with Gasteiger partial charge in [0.2, 0.25) is 10.0 Å². The van der Waals surface area contributed by atoms with E-state index in [0.29, 0.717) is 19.0 Å². The van der Waals surface area contributed by atoms with Gasteiger partial charge in [0, 0.05) is 19.1 Å². The molecule has 1 aliphatic rings. The van der Waals surface area contributed by atoms with Crippen molar-refractivity contribution >= 4 is 10.0 Å². The lowest BCUT2D eigenvalue weighted by Gasteiger charge is -2.33. The Morgan fingerprint density at radius 1 is 1.43 bits per heavy atom. The summed E-state index contributed by atoms with van der Waals surface area (Å²) >= 11 is 0. The summed E-state index contributed by atoms with van der Waals surface area (Å²) in [6, 6.07) is 8.24. The van der Waals surface area contributed by atoms with E-state index >= 15 is 0 Å². The van der Waals surface area contributed by atoms with Crippen LogP contribution in [0.5, 0.6) is 0 Å². The molecule has 2 rings (SSSR count). The molecule has 118 valence electrons. The lowest BCUT2D eigenvalue weighted by molar-refractivity contribution is 0.238. The monoisotopic (exact) mass is 311 g/mol. The van der Waals surface area contributed by atoms with Gasteiger partial charge in [-0.25, -0.2) is 12.7 Å². The van der Waals surface area contributed by atoms with Crippen LogP contribution in [0.25, 0.3) is 0 Å². The van der Waals surface area contributed by atoms with Crippen molar-refractivity contribution in [2.45, 2.75) is 32.2 Å². The van der Waals surface area contributed by atoms with E-state index in [0.717, 1.165) is 19.3 Å². The summed E-state index contributed by atoms with van der Waals surface area (Å²) in [6.45, 7) is 3.31. The van der Waals surface area contributed by atoms with E-state index in [4.69, 9.17) is 5.84 Å². The predicted molar refractivity (Wildman–Crippen MR) is 85.0 cm³/mol. The summed E-state index contributed by atoms with van der Waals surface area (Å²) < 4.78 is 25.0. The summed E-state index contributed by atoms with van der Waals surface area (Å²) in [4.78, 5) is 0. The highest BCUT2D eigenvalue weighted by molar-refractivity contribution is 7.88. The van der Waals surface area contributed by atoms with Gasteiger partial charge in [-0.15, -0.1) is 0 Å². The van der Waals surface area contributed by atoms with Gasteiger partial charge in [-0.05, 0) is 43.2 Å². The van der Waals surface area contributed by atoms with Crippen LogP contribution in [0.15, 0.2) is 24.3 Å². The number of piperidine rings is 1. The zero-order valence-electron chi connectivity index (χ0n) is 12.7.